The molecule has 7 rings (SSSR count). The summed E-state index contributed by atoms with van der Waals surface area (Å²) in [6, 6.07) is 19.9. The van der Waals surface area contributed by atoms with Gasteiger partial charge in [0.05, 0.1) is 38.5 Å². The number of tetrazole rings is 1. The van der Waals surface area contributed by atoms with Gasteiger partial charge in [0.15, 0.2) is 11.1 Å². The molecule has 386 valence electrons. The Labute approximate surface area is 454 Å². The third kappa shape index (κ3) is 11.7. The number of fused-ring (bicyclic) bond motifs is 1. The number of β-lactam (4-membered cyclic amide) rings is 1. The number of para-hydroxylation sites is 3. The molecule has 0 radical (unpaired) electrons. The molecule has 24 nitrogen and oxygen atoms in total. The minimum absolute atomic E-state index is 0. The summed E-state index contributed by atoms with van der Waals surface area (Å²) in [5.74, 6) is -5.59. The molecule has 3 aromatic carbocycles. The number of nitrogens with one attached hydrogen (secondary N) is 4. The summed E-state index contributed by atoms with van der Waals surface area (Å²) >= 11 is 2.23. The van der Waals surface area contributed by atoms with Crippen molar-refractivity contribution in [3.05, 3.63) is 101 Å². The van der Waals surface area contributed by atoms with E-state index < -0.39 is 93.2 Å². The number of hydrogen-bond acceptors (Lipinski definition) is 17. The van der Waals surface area contributed by atoms with Gasteiger partial charge in [0.2, 0.25) is 17.0 Å². The quantitative estimate of drug-likeness (QED) is 0.0205. The van der Waals surface area contributed by atoms with Gasteiger partial charge in [-0.2, -0.15) is 0 Å². The van der Waals surface area contributed by atoms with Crippen molar-refractivity contribution in [2.75, 3.05) is 56.3 Å². The number of rotatable bonds is 16. The second kappa shape index (κ2) is 23.6. The summed E-state index contributed by atoms with van der Waals surface area (Å²) in [4.78, 5) is 123. The Kier molecular flexibility index (Phi) is 18.0. The third-order valence-electron chi connectivity index (χ3n) is 12.0. The average Bonchev–Trinajstić information content (AvgIpc) is 3.77. The molecule has 4 heterocycles. The number of piperazine rings is 1. The first-order valence-corrected chi connectivity index (χ1v) is 24.5. The van der Waals surface area contributed by atoms with Crippen molar-refractivity contribution in [3.8, 4) is 0 Å². The number of aromatic nitrogens is 4. The Morgan fingerprint density at radius 1 is 0.919 bits per heavy atom. The zero-order valence-corrected chi connectivity index (χ0v) is 42.0. The summed E-state index contributed by atoms with van der Waals surface area (Å²) in [5, 5.41) is 30.7. The number of benzene rings is 3. The Morgan fingerprint density at radius 3 is 2.22 bits per heavy atom. The molecule has 1 aromatic heterocycles. The van der Waals surface area contributed by atoms with Crippen LogP contribution in [0.4, 0.5) is 31.4 Å². The van der Waals surface area contributed by atoms with Gasteiger partial charge in [-0.3, -0.25) is 34.7 Å². The molecular formula is C47H53N11NaO13S2+. The molecule has 27 heteroatoms. The van der Waals surface area contributed by atoms with Gasteiger partial charge in [0.25, 0.3) is 0 Å². The molecule has 5 N–H and O–H groups in total. The number of thioether (sulfide) groups is 2. The number of esters is 1. The van der Waals surface area contributed by atoms with Crippen LogP contribution < -0.4 is 25.8 Å². The molecule has 74 heavy (non-hydrogen) atoms. The normalized spacial score (nSPS) is 19.1. The monoisotopic (exact) mass is 1070 g/mol. The second-order valence-electron chi connectivity index (χ2n) is 17.6. The van der Waals surface area contributed by atoms with E-state index in [0.29, 0.717) is 15.6 Å². The van der Waals surface area contributed by atoms with E-state index in [1.807, 2.05) is 0 Å². The first kappa shape index (κ1) is 56.5. The first-order chi connectivity index (χ1) is 34.7. The standard InChI is InChI=1S/C47H51N11O13S2.Na.H/c1-7-58(22-21-56(38(61)39(58)62)42(66)48-24-33(59)51-37-28(25-72-43-52-53-54-55(43)5)36(40(63)64)57-34(60)23-35(57)73-37)32-20-14-13-19-31(32)50-44(67)70-26-47(41(65)69-6,27-15-9-8-10-16-27)29-17-11-12-18-30(29)49-45(68)71-46(2,3)4;;/h8-20,35,37H,7,21-26H2,1-6H3,(H4-,48,49,50,51,59,63,64,66,67,68);;/p+1/t35-,37+,47?,58?;;/m0../s1. The second-order valence-corrected chi connectivity index (χ2v) is 19.9. The number of methoxy groups -OCH3 is 1. The molecule has 3 aliphatic heterocycles. The van der Waals surface area contributed by atoms with Crippen LogP contribution in [0.1, 0.15) is 45.2 Å². The maximum atomic E-state index is 14.3. The Morgan fingerprint density at radius 2 is 1.58 bits per heavy atom. The molecule has 2 unspecified atom stereocenters. The van der Waals surface area contributed by atoms with Crippen LogP contribution in [0.2, 0.25) is 0 Å². The molecule has 2 fully saturated rings. The molecule has 0 aliphatic carbocycles. The van der Waals surface area contributed by atoms with Crippen LogP contribution in [-0.2, 0) is 55.4 Å². The topological polar surface area (TPSA) is 300 Å². The number of likely N-dealkylation sites (N-methyl/N-ethyl adjacent to an activating group) is 1. The van der Waals surface area contributed by atoms with E-state index >= 15 is 0 Å². The van der Waals surface area contributed by atoms with Gasteiger partial charge >= 0.3 is 71.5 Å². The van der Waals surface area contributed by atoms with Gasteiger partial charge in [-0.15, -0.1) is 16.9 Å². The van der Waals surface area contributed by atoms with Crippen LogP contribution in [-0.4, -0.2) is 180 Å². The molecule has 4 aromatic rings. The number of imide groups is 1. The van der Waals surface area contributed by atoms with Crippen molar-refractivity contribution in [1.29, 1.82) is 0 Å². The van der Waals surface area contributed by atoms with Gasteiger partial charge in [0, 0.05) is 35.7 Å². The van der Waals surface area contributed by atoms with Gasteiger partial charge in [-0.25, -0.2) is 38.0 Å². The summed E-state index contributed by atoms with van der Waals surface area (Å²) in [5.41, 5.74) is -1.81. The Hall–Kier alpha value is -6.84. The fraction of sp³-hybridized carbons (Fsp3) is 0.362. The van der Waals surface area contributed by atoms with E-state index in [2.05, 4.69) is 36.8 Å². The zero-order chi connectivity index (χ0) is 52.8. The number of ether oxygens (including phenoxy) is 3. The number of anilines is 2. The van der Waals surface area contributed by atoms with Crippen molar-refractivity contribution in [1.82, 2.24) is 45.1 Å². The predicted octanol–water partition coefficient (Wildman–Crippen LogP) is 2.90. The zero-order valence-electron chi connectivity index (χ0n) is 40.4. The van der Waals surface area contributed by atoms with Crippen molar-refractivity contribution < 1.29 is 62.5 Å². The van der Waals surface area contributed by atoms with E-state index in [9.17, 15) is 48.3 Å². The summed E-state index contributed by atoms with van der Waals surface area (Å²) < 4.78 is 17.4. The van der Waals surface area contributed by atoms with Gasteiger partial charge in [0.1, 0.15) is 35.5 Å². The number of hydrogen-bond donors (Lipinski definition) is 5. The van der Waals surface area contributed by atoms with E-state index in [4.69, 9.17) is 14.2 Å². The minimum atomic E-state index is -1.86. The van der Waals surface area contributed by atoms with Gasteiger partial charge < -0.3 is 30.0 Å². The molecule has 0 spiro atoms. The van der Waals surface area contributed by atoms with Crippen LogP contribution in [0, 0.1) is 0 Å². The number of nitrogens with zero attached hydrogens (tertiary/aromatic N) is 7. The van der Waals surface area contributed by atoms with Crippen LogP contribution in [0.15, 0.2) is 95.3 Å². The third-order valence-corrected chi connectivity index (χ3v) is 14.5. The van der Waals surface area contributed by atoms with Crippen LogP contribution in [0.5, 0.6) is 0 Å². The van der Waals surface area contributed by atoms with E-state index in [-0.39, 0.29) is 95.3 Å². The number of quaternary nitrogens is 1. The molecule has 0 saturated carbocycles. The van der Waals surface area contributed by atoms with Gasteiger partial charge in [-0.1, -0.05) is 72.4 Å². The van der Waals surface area contributed by atoms with Crippen molar-refractivity contribution in [2.45, 2.75) is 61.0 Å². The van der Waals surface area contributed by atoms with E-state index in [1.165, 1.54) is 23.9 Å². The molecule has 3 aliphatic rings. The maximum absolute atomic E-state index is 14.3. The Bertz CT molecular complexity index is 2900. The number of carbonyl (C=O) groups is 9. The van der Waals surface area contributed by atoms with E-state index in [1.54, 1.807) is 101 Å². The average molecular weight is 1070 g/mol. The number of urea groups is 1. The number of carbonyl (C=O) groups excluding carboxylic acids is 8. The number of carboxylic acid groups (broad SMARTS) is 1. The van der Waals surface area contributed by atoms with Crippen molar-refractivity contribution >= 4 is 124 Å². The molecular weight excluding hydrogens is 1010 g/mol. The summed E-state index contributed by atoms with van der Waals surface area (Å²) in [6.45, 7) is 4.96. The fourth-order valence-corrected chi connectivity index (χ4v) is 11.0. The number of amides is 8. The van der Waals surface area contributed by atoms with Crippen LogP contribution in [0.25, 0.3) is 0 Å². The number of aryl methyl sites for hydroxylation is 1. The number of carboxylic acids is 1. The van der Waals surface area contributed by atoms with Crippen LogP contribution in [0.3, 0.4) is 0 Å². The van der Waals surface area contributed by atoms with Crippen LogP contribution >= 0.6 is 23.5 Å². The molecule has 0 bridgehead atoms. The molecule has 2 saturated heterocycles. The van der Waals surface area contributed by atoms with Crippen molar-refractivity contribution in [3.63, 3.8) is 0 Å². The fourth-order valence-electron chi connectivity index (χ4n) is 8.54. The summed E-state index contributed by atoms with van der Waals surface area (Å²) in [7, 11) is 2.76. The summed E-state index contributed by atoms with van der Waals surface area (Å²) in [6.07, 6.45) is -1.82. The Balaban J connectivity index is 0.00000892. The van der Waals surface area contributed by atoms with E-state index in [0.717, 1.165) is 28.4 Å². The SMILES string of the molecule is CC[N+]1(c2ccccc2NC(=O)OCC(C(=O)OC)(c2ccccc2)c2ccccc2NC(=O)OC(C)(C)C)CCN(C(=O)NCC(=O)N[C@@H]2S[C@H]3CC(=O)N3C(C(=O)O)=C2CSc2nnnn2C)C(=O)C1=O.[NaH]. The first-order valence-electron chi connectivity index (χ1n) is 22.6. The predicted molar refractivity (Wildman–Crippen MR) is 270 cm³/mol. The molecule has 4 atom stereocenters. The van der Waals surface area contributed by atoms with Crippen molar-refractivity contribution in [2.24, 2.45) is 7.05 Å². The molecule has 8 amide bonds. The van der Waals surface area contributed by atoms with Gasteiger partial charge in [-0.05, 0) is 55.8 Å². The number of aliphatic carboxylic acids is 1.